The van der Waals surface area contributed by atoms with Crippen molar-refractivity contribution in [3.05, 3.63) is 70.9 Å². The molecule has 5 nitrogen and oxygen atoms in total. The number of H-pyrrole nitrogens is 1. The van der Waals surface area contributed by atoms with Gasteiger partial charge in [-0.25, -0.2) is 0 Å². The van der Waals surface area contributed by atoms with Gasteiger partial charge in [0.1, 0.15) is 0 Å². The number of amides is 2. The number of para-hydroxylation sites is 1. The summed E-state index contributed by atoms with van der Waals surface area (Å²) in [6.45, 7) is 2.38. The lowest BCUT2D eigenvalue weighted by molar-refractivity contribution is -0.120. The molecule has 1 heterocycles. The highest BCUT2D eigenvalue weighted by atomic mass is 16.2. The molecule has 2 aromatic carbocycles. The summed E-state index contributed by atoms with van der Waals surface area (Å²) in [5.41, 5.74) is 4.60. The summed E-state index contributed by atoms with van der Waals surface area (Å²) in [4.78, 5) is 29.3. The van der Waals surface area contributed by atoms with Crippen LogP contribution in [0.4, 0.5) is 0 Å². The number of nitrogens with one attached hydrogen (secondary N) is 2. The Kier molecular flexibility index (Phi) is 5.07. The summed E-state index contributed by atoms with van der Waals surface area (Å²) in [5, 5.41) is 4.03. The summed E-state index contributed by atoms with van der Waals surface area (Å²) in [5.74, 6) is -0.0882. The van der Waals surface area contributed by atoms with Crippen molar-refractivity contribution in [1.82, 2.24) is 15.2 Å². The third kappa shape index (κ3) is 3.77. The van der Waals surface area contributed by atoms with Gasteiger partial charge in [-0.2, -0.15) is 0 Å². The molecule has 3 aromatic rings. The Bertz CT molecular complexity index is 957. The lowest BCUT2D eigenvalue weighted by atomic mass is 10.1. The molecule has 5 heteroatoms. The van der Waals surface area contributed by atoms with E-state index in [-0.39, 0.29) is 11.8 Å². The molecule has 0 unspecified atom stereocenters. The fraction of sp³-hybridized carbons (Fsp3) is 0.238. The highest BCUT2D eigenvalue weighted by Gasteiger charge is 2.13. The van der Waals surface area contributed by atoms with Crippen LogP contribution in [-0.4, -0.2) is 35.8 Å². The van der Waals surface area contributed by atoms with Crippen LogP contribution in [-0.2, 0) is 17.8 Å². The Morgan fingerprint density at radius 1 is 1.08 bits per heavy atom. The number of hydrogen-bond acceptors (Lipinski definition) is 2. The van der Waals surface area contributed by atoms with Crippen molar-refractivity contribution in [3.63, 3.8) is 0 Å². The van der Waals surface area contributed by atoms with Gasteiger partial charge >= 0.3 is 0 Å². The Balaban J connectivity index is 1.67. The summed E-state index contributed by atoms with van der Waals surface area (Å²) in [6.07, 6.45) is 0.326. The first-order valence-electron chi connectivity index (χ1n) is 8.59. The van der Waals surface area contributed by atoms with Gasteiger partial charge in [-0.3, -0.25) is 9.59 Å². The van der Waals surface area contributed by atoms with Crippen molar-refractivity contribution >= 4 is 22.7 Å². The summed E-state index contributed by atoms with van der Waals surface area (Å²) < 4.78 is 0. The maximum Gasteiger partial charge on any atom is 0.253 e. The number of benzene rings is 2. The van der Waals surface area contributed by atoms with Crippen molar-refractivity contribution in [2.75, 3.05) is 14.1 Å². The highest BCUT2D eigenvalue weighted by molar-refractivity contribution is 5.94. The average Bonchev–Trinajstić information content (AvgIpc) is 2.95. The maximum atomic E-state index is 12.4. The van der Waals surface area contributed by atoms with E-state index >= 15 is 0 Å². The SMILES string of the molecule is Cc1[nH]c2ccccc2c1CC(=O)NCc1cccc(C(=O)N(C)C)c1. The Labute approximate surface area is 153 Å². The van der Waals surface area contributed by atoms with Crippen LogP contribution in [0, 0.1) is 6.92 Å². The largest absolute Gasteiger partial charge is 0.358 e. The molecule has 1 aromatic heterocycles. The van der Waals surface area contributed by atoms with E-state index in [0.717, 1.165) is 27.7 Å². The molecule has 2 amide bonds. The predicted molar refractivity (Wildman–Crippen MR) is 103 cm³/mol. The Hall–Kier alpha value is -3.08. The topological polar surface area (TPSA) is 65.2 Å². The molecular formula is C21H23N3O2. The number of aromatic amines is 1. The molecule has 0 aliphatic heterocycles. The van der Waals surface area contributed by atoms with E-state index in [1.807, 2.05) is 49.4 Å². The van der Waals surface area contributed by atoms with E-state index in [1.165, 1.54) is 4.90 Å². The van der Waals surface area contributed by atoms with E-state index in [0.29, 0.717) is 18.5 Å². The van der Waals surface area contributed by atoms with Crippen LogP contribution in [0.2, 0.25) is 0 Å². The zero-order valence-corrected chi connectivity index (χ0v) is 15.3. The van der Waals surface area contributed by atoms with Crippen molar-refractivity contribution < 1.29 is 9.59 Å². The maximum absolute atomic E-state index is 12.4. The van der Waals surface area contributed by atoms with E-state index in [2.05, 4.69) is 10.3 Å². The second-order valence-electron chi connectivity index (χ2n) is 6.63. The van der Waals surface area contributed by atoms with Gasteiger partial charge in [0, 0.05) is 42.8 Å². The van der Waals surface area contributed by atoms with Gasteiger partial charge in [0.25, 0.3) is 5.91 Å². The molecule has 26 heavy (non-hydrogen) atoms. The van der Waals surface area contributed by atoms with Gasteiger partial charge in [0.2, 0.25) is 5.91 Å². The lowest BCUT2D eigenvalue weighted by Gasteiger charge is -2.11. The van der Waals surface area contributed by atoms with E-state index < -0.39 is 0 Å². The number of carbonyl (C=O) groups excluding carboxylic acids is 2. The van der Waals surface area contributed by atoms with Crippen LogP contribution in [0.1, 0.15) is 27.2 Å². The van der Waals surface area contributed by atoms with Crippen molar-refractivity contribution in [2.24, 2.45) is 0 Å². The quantitative estimate of drug-likeness (QED) is 0.744. The average molecular weight is 349 g/mol. The van der Waals surface area contributed by atoms with E-state index in [4.69, 9.17) is 0 Å². The van der Waals surface area contributed by atoms with Crippen LogP contribution in [0.5, 0.6) is 0 Å². The first-order chi connectivity index (χ1) is 12.5. The molecule has 0 atom stereocenters. The van der Waals surface area contributed by atoms with Crippen LogP contribution in [0.25, 0.3) is 10.9 Å². The molecule has 134 valence electrons. The molecule has 0 aliphatic carbocycles. The molecule has 3 rings (SSSR count). The number of hydrogen-bond donors (Lipinski definition) is 2. The van der Waals surface area contributed by atoms with Crippen molar-refractivity contribution in [3.8, 4) is 0 Å². The van der Waals surface area contributed by atoms with Crippen LogP contribution < -0.4 is 5.32 Å². The Morgan fingerprint density at radius 3 is 2.62 bits per heavy atom. The smallest absolute Gasteiger partial charge is 0.253 e. The fourth-order valence-electron chi connectivity index (χ4n) is 3.06. The van der Waals surface area contributed by atoms with Crippen LogP contribution >= 0.6 is 0 Å². The van der Waals surface area contributed by atoms with E-state index in [1.54, 1.807) is 20.2 Å². The monoisotopic (exact) mass is 349 g/mol. The number of aryl methyl sites for hydroxylation is 1. The van der Waals surface area contributed by atoms with Crippen molar-refractivity contribution in [2.45, 2.75) is 19.9 Å². The first kappa shape index (κ1) is 17.7. The van der Waals surface area contributed by atoms with Gasteiger partial charge in [0.15, 0.2) is 0 Å². The molecule has 0 bridgehead atoms. The van der Waals surface area contributed by atoms with E-state index in [9.17, 15) is 9.59 Å². The first-order valence-corrected chi connectivity index (χ1v) is 8.59. The second-order valence-corrected chi connectivity index (χ2v) is 6.63. The number of fused-ring (bicyclic) bond motifs is 1. The molecule has 0 fully saturated rings. The molecule has 0 radical (unpaired) electrons. The minimum absolute atomic E-state index is 0.0396. The Morgan fingerprint density at radius 2 is 1.85 bits per heavy atom. The number of aromatic nitrogens is 1. The molecule has 0 saturated heterocycles. The van der Waals surface area contributed by atoms with Gasteiger partial charge < -0.3 is 15.2 Å². The molecule has 0 aliphatic rings. The molecule has 2 N–H and O–H groups in total. The molecule has 0 saturated carbocycles. The van der Waals surface area contributed by atoms with Gasteiger partial charge in [-0.05, 0) is 36.2 Å². The summed E-state index contributed by atoms with van der Waals surface area (Å²) in [6, 6.07) is 15.3. The third-order valence-electron chi connectivity index (χ3n) is 4.43. The zero-order chi connectivity index (χ0) is 18.7. The number of rotatable bonds is 5. The minimum Gasteiger partial charge on any atom is -0.358 e. The van der Waals surface area contributed by atoms with Gasteiger partial charge in [-0.15, -0.1) is 0 Å². The normalized spacial score (nSPS) is 10.7. The highest BCUT2D eigenvalue weighted by Crippen LogP contribution is 2.22. The fourth-order valence-corrected chi connectivity index (χ4v) is 3.06. The van der Waals surface area contributed by atoms with Crippen molar-refractivity contribution in [1.29, 1.82) is 0 Å². The zero-order valence-electron chi connectivity index (χ0n) is 15.3. The second kappa shape index (κ2) is 7.44. The van der Waals surface area contributed by atoms with Gasteiger partial charge in [-0.1, -0.05) is 30.3 Å². The van der Waals surface area contributed by atoms with Crippen LogP contribution in [0.3, 0.4) is 0 Å². The standard InChI is InChI=1S/C21H23N3O2/c1-14-18(17-9-4-5-10-19(17)23-14)12-20(25)22-13-15-7-6-8-16(11-15)21(26)24(2)3/h4-11,23H,12-13H2,1-3H3,(H,22,25). The minimum atomic E-state index is -0.0485. The number of carbonyl (C=O) groups is 2. The lowest BCUT2D eigenvalue weighted by Crippen LogP contribution is -2.25. The molecular weight excluding hydrogens is 326 g/mol. The van der Waals surface area contributed by atoms with Crippen LogP contribution in [0.15, 0.2) is 48.5 Å². The predicted octanol–water partition coefficient (Wildman–Crippen LogP) is 3.04. The number of nitrogens with zero attached hydrogens (tertiary/aromatic N) is 1. The third-order valence-corrected chi connectivity index (χ3v) is 4.43. The summed E-state index contributed by atoms with van der Waals surface area (Å²) >= 11 is 0. The summed E-state index contributed by atoms with van der Waals surface area (Å²) in [7, 11) is 3.45. The van der Waals surface area contributed by atoms with Gasteiger partial charge in [0.05, 0.1) is 6.42 Å². The molecule has 0 spiro atoms.